The van der Waals surface area contributed by atoms with E-state index in [1.54, 1.807) is 12.1 Å². The third-order valence-electron chi connectivity index (χ3n) is 7.47. The number of fused-ring (bicyclic) bond motifs is 2. The summed E-state index contributed by atoms with van der Waals surface area (Å²) in [6.45, 7) is 6.16. The van der Waals surface area contributed by atoms with Crippen LogP contribution in [0, 0.1) is 23.7 Å². The summed E-state index contributed by atoms with van der Waals surface area (Å²) in [7, 11) is 0. The number of esters is 1. The molecule has 4 aliphatic heterocycles. The maximum absolute atomic E-state index is 12.8. The topological polar surface area (TPSA) is 63.2 Å². The van der Waals surface area contributed by atoms with Crippen LogP contribution < -0.4 is 0 Å². The number of rotatable bonds is 2. The van der Waals surface area contributed by atoms with Crippen LogP contribution in [0.4, 0.5) is 0 Å². The first kappa shape index (κ1) is 21.0. The van der Waals surface area contributed by atoms with Crippen LogP contribution >= 0.6 is 23.2 Å². The number of hydrogen-bond donors (Lipinski definition) is 0. The highest BCUT2D eigenvalue weighted by Gasteiger charge is 2.69. The summed E-state index contributed by atoms with van der Waals surface area (Å²) in [5.74, 6) is -0.701. The highest BCUT2D eigenvalue weighted by Crippen LogP contribution is 2.60. The second-order valence-corrected chi connectivity index (χ2v) is 10.1. The molecule has 1 aromatic carbocycles. The van der Waals surface area contributed by atoms with Crippen LogP contribution in [0.3, 0.4) is 0 Å². The van der Waals surface area contributed by atoms with E-state index >= 15 is 0 Å². The van der Waals surface area contributed by atoms with E-state index in [4.69, 9.17) is 47.2 Å². The lowest BCUT2D eigenvalue weighted by Gasteiger charge is -2.59. The minimum absolute atomic E-state index is 0.0820. The molecule has 0 aromatic heterocycles. The summed E-state index contributed by atoms with van der Waals surface area (Å²) >= 11 is 12.1. The molecule has 6 rings (SSSR count). The second-order valence-electron chi connectivity index (χ2n) is 9.30. The van der Waals surface area contributed by atoms with E-state index in [-0.39, 0.29) is 28.3 Å². The average molecular weight is 457 g/mol. The molecule has 0 unspecified atom stereocenters. The van der Waals surface area contributed by atoms with Gasteiger partial charge < -0.3 is 14.2 Å². The van der Waals surface area contributed by atoms with Gasteiger partial charge in [0, 0.05) is 23.3 Å². The SMILES string of the molecule is C[C@@H]1[C@H](OC(=O)c2ccc(Cl)cc2Cl)O[C@H]2O[C@@]3(C)CC[C@H]4[C@H](C)CC[C@H]1[C@@]24OO3. The summed E-state index contributed by atoms with van der Waals surface area (Å²) < 4.78 is 18.3. The van der Waals surface area contributed by atoms with E-state index < -0.39 is 29.9 Å². The third-order valence-corrected chi connectivity index (χ3v) is 8.02. The van der Waals surface area contributed by atoms with Gasteiger partial charge in [-0.05, 0) is 56.2 Å². The Kier molecular flexibility index (Phi) is 5.12. The van der Waals surface area contributed by atoms with Crippen LogP contribution in [0.15, 0.2) is 18.2 Å². The molecule has 0 radical (unpaired) electrons. The van der Waals surface area contributed by atoms with Gasteiger partial charge >= 0.3 is 5.97 Å². The first-order valence-electron chi connectivity index (χ1n) is 10.6. The van der Waals surface area contributed by atoms with E-state index in [2.05, 4.69) is 6.92 Å². The quantitative estimate of drug-likeness (QED) is 0.440. The molecule has 1 aromatic rings. The lowest BCUT2D eigenvalue weighted by atomic mass is 9.58. The third kappa shape index (κ3) is 3.11. The fourth-order valence-corrected chi connectivity index (χ4v) is 6.32. The minimum Gasteiger partial charge on any atom is -0.432 e. The molecule has 5 fully saturated rings. The number of hydrogen-bond acceptors (Lipinski definition) is 6. The molecule has 1 spiro atoms. The Morgan fingerprint density at radius 1 is 1.13 bits per heavy atom. The predicted octanol–water partition coefficient (Wildman–Crippen LogP) is 5.36. The maximum Gasteiger partial charge on any atom is 0.341 e. The molecule has 4 saturated heterocycles. The monoisotopic (exact) mass is 456 g/mol. The first-order valence-corrected chi connectivity index (χ1v) is 11.4. The highest BCUT2D eigenvalue weighted by atomic mass is 35.5. The van der Waals surface area contributed by atoms with E-state index in [9.17, 15) is 4.79 Å². The van der Waals surface area contributed by atoms with Gasteiger partial charge in [-0.15, -0.1) is 0 Å². The fourth-order valence-electron chi connectivity index (χ4n) is 5.83. The zero-order valence-corrected chi connectivity index (χ0v) is 18.7. The fraction of sp³-hybridized carbons (Fsp3) is 0.682. The normalized spacial score (nSPS) is 44.8. The number of halogens is 2. The molecule has 6 nitrogen and oxygen atoms in total. The number of ether oxygens (including phenoxy) is 3. The highest BCUT2D eigenvalue weighted by molar-refractivity contribution is 6.36. The Hall–Kier alpha value is -0.890. The molecule has 1 saturated carbocycles. The van der Waals surface area contributed by atoms with E-state index in [0.717, 1.165) is 25.7 Å². The van der Waals surface area contributed by atoms with Crippen molar-refractivity contribution in [2.24, 2.45) is 23.7 Å². The molecule has 4 heterocycles. The largest absolute Gasteiger partial charge is 0.432 e. The number of carbonyl (C=O) groups is 1. The van der Waals surface area contributed by atoms with Crippen LogP contribution in [0.2, 0.25) is 10.0 Å². The lowest BCUT2D eigenvalue weighted by Crippen LogP contribution is -2.70. The summed E-state index contributed by atoms with van der Waals surface area (Å²) in [6, 6.07) is 4.69. The average Bonchev–Trinajstić information content (AvgIpc) is 2.92. The molecule has 5 aliphatic rings. The molecule has 30 heavy (non-hydrogen) atoms. The van der Waals surface area contributed by atoms with E-state index in [1.807, 2.05) is 13.8 Å². The van der Waals surface area contributed by atoms with Gasteiger partial charge in [-0.25, -0.2) is 14.6 Å². The van der Waals surface area contributed by atoms with Gasteiger partial charge in [0.1, 0.15) is 0 Å². The molecule has 0 amide bonds. The molecule has 8 heteroatoms. The zero-order chi connectivity index (χ0) is 21.3. The predicted molar refractivity (Wildman–Crippen MR) is 109 cm³/mol. The van der Waals surface area contributed by atoms with Crippen molar-refractivity contribution in [1.82, 2.24) is 0 Å². The van der Waals surface area contributed by atoms with Crippen LogP contribution in [-0.4, -0.2) is 29.9 Å². The Morgan fingerprint density at radius 2 is 1.93 bits per heavy atom. The van der Waals surface area contributed by atoms with Crippen molar-refractivity contribution in [3.63, 3.8) is 0 Å². The Morgan fingerprint density at radius 3 is 2.70 bits per heavy atom. The van der Waals surface area contributed by atoms with Crippen molar-refractivity contribution < 1.29 is 28.8 Å². The zero-order valence-electron chi connectivity index (χ0n) is 17.2. The standard InChI is InChI=1S/C22H26Cl2O6/c1-11-4-7-16-12(2)19(26-18(25)14-6-5-13(23)10-17(14)24)27-20-22(16)15(11)8-9-21(3,28-20)29-30-22/h5-6,10-12,15-16,19-20H,4,7-9H2,1-3H3/t11-,12+,15+,16-,19-,20+,21-,22-/m1/s1. The van der Waals surface area contributed by atoms with Gasteiger partial charge in [-0.1, -0.05) is 37.0 Å². The van der Waals surface area contributed by atoms with Crippen LogP contribution in [0.1, 0.15) is 56.8 Å². The van der Waals surface area contributed by atoms with Crippen molar-refractivity contribution in [2.45, 2.75) is 70.4 Å². The number of benzene rings is 1. The van der Waals surface area contributed by atoms with Crippen LogP contribution in [-0.2, 0) is 24.0 Å². The van der Waals surface area contributed by atoms with Crippen LogP contribution in [0.25, 0.3) is 0 Å². The molecule has 8 atom stereocenters. The van der Waals surface area contributed by atoms with Crippen LogP contribution in [0.5, 0.6) is 0 Å². The van der Waals surface area contributed by atoms with Crippen molar-refractivity contribution in [3.8, 4) is 0 Å². The molecule has 2 bridgehead atoms. The smallest absolute Gasteiger partial charge is 0.341 e. The summed E-state index contributed by atoms with van der Waals surface area (Å²) in [5, 5.41) is 0.699. The number of carbonyl (C=O) groups excluding carboxylic acids is 1. The summed E-state index contributed by atoms with van der Waals surface area (Å²) in [6.07, 6.45) is 2.26. The van der Waals surface area contributed by atoms with Crippen molar-refractivity contribution in [1.29, 1.82) is 0 Å². The Bertz CT molecular complexity index is 864. The molecule has 164 valence electrons. The van der Waals surface area contributed by atoms with Crippen molar-refractivity contribution in [2.75, 3.05) is 0 Å². The summed E-state index contributed by atoms with van der Waals surface area (Å²) in [5.41, 5.74) is -0.435. The van der Waals surface area contributed by atoms with Gasteiger partial charge in [0.25, 0.3) is 0 Å². The first-order chi connectivity index (χ1) is 14.2. The Balaban J connectivity index is 1.45. The van der Waals surface area contributed by atoms with Gasteiger partial charge in [-0.3, -0.25) is 0 Å². The van der Waals surface area contributed by atoms with Gasteiger partial charge in [0.15, 0.2) is 11.9 Å². The van der Waals surface area contributed by atoms with E-state index in [1.165, 1.54) is 6.07 Å². The maximum atomic E-state index is 12.8. The van der Waals surface area contributed by atoms with Gasteiger partial charge in [0.05, 0.1) is 10.6 Å². The minimum atomic E-state index is -0.869. The second kappa shape index (κ2) is 7.32. The lowest BCUT2D eigenvalue weighted by molar-refractivity contribution is -0.576. The van der Waals surface area contributed by atoms with Gasteiger partial charge in [0.2, 0.25) is 12.1 Å². The molecular weight excluding hydrogens is 431 g/mol. The molecule has 1 aliphatic carbocycles. The molecule has 0 N–H and O–H groups in total. The van der Waals surface area contributed by atoms with E-state index in [0.29, 0.717) is 10.9 Å². The van der Waals surface area contributed by atoms with Crippen molar-refractivity contribution in [3.05, 3.63) is 33.8 Å². The molecular formula is C22H26Cl2O6. The van der Waals surface area contributed by atoms with Crippen molar-refractivity contribution >= 4 is 29.2 Å². The van der Waals surface area contributed by atoms with Gasteiger partial charge in [-0.2, -0.15) is 0 Å². The summed E-state index contributed by atoms with van der Waals surface area (Å²) in [4.78, 5) is 24.7. The Labute approximate surface area is 186 Å².